The standard InChI is InChI=1S/C11H15NO/c12-10(11(13)9-6-7-9)8-4-2-1-3-5-8/h1-5,9-11,13H,6-7,12H2/t10-,11+/m0/s1. The molecule has 0 aliphatic heterocycles. The van der Waals surface area contributed by atoms with Crippen LogP contribution >= 0.6 is 0 Å². The van der Waals surface area contributed by atoms with E-state index in [0.29, 0.717) is 5.92 Å². The first-order valence-electron chi connectivity index (χ1n) is 4.77. The van der Waals surface area contributed by atoms with E-state index in [9.17, 15) is 5.11 Å². The molecule has 70 valence electrons. The van der Waals surface area contributed by atoms with E-state index in [1.165, 1.54) is 0 Å². The lowest BCUT2D eigenvalue weighted by molar-refractivity contribution is 0.122. The molecule has 0 bridgehead atoms. The highest BCUT2D eigenvalue weighted by atomic mass is 16.3. The molecule has 0 heterocycles. The molecule has 1 fully saturated rings. The summed E-state index contributed by atoms with van der Waals surface area (Å²) in [7, 11) is 0. The van der Waals surface area contributed by atoms with Crippen LogP contribution in [0, 0.1) is 5.92 Å². The summed E-state index contributed by atoms with van der Waals surface area (Å²) >= 11 is 0. The third kappa shape index (κ3) is 1.90. The van der Waals surface area contributed by atoms with Crippen molar-refractivity contribution < 1.29 is 5.11 Å². The Hall–Kier alpha value is -0.860. The van der Waals surface area contributed by atoms with E-state index in [0.717, 1.165) is 18.4 Å². The van der Waals surface area contributed by atoms with Gasteiger partial charge in [-0.15, -0.1) is 0 Å². The summed E-state index contributed by atoms with van der Waals surface area (Å²) in [5, 5.41) is 9.79. The molecule has 0 amide bonds. The molecule has 1 saturated carbocycles. The van der Waals surface area contributed by atoms with Crippen LogP contribution in [0.2, 0.25) is 0 Å². The Kier molecular flexibility index (Phi) is 2.34. The topological polar surface area (TPSA) is 46.2 Å². The summed E-state index contributed by atoms with van der Waals surface area (Å²) in [6, 6.07) is 9.59. The first-order valence-corrected chi connectivity index (χ1v) is 4.77. The summed E-state index contributed by atoms with van der Waals surface area (Å²) in [6.07, 6.45) is 1.89. The predicted octanol–water partition coefficient (Wildman–Crippen LogP) is 1.46. The summed E-state index contributed by atoms with van der Waals surface area (Å²) < 4.78 is 0. The van der Waals surface area contributed by atoms with Crippen LogP contribution in [0.25, 0.3) is 0 Å². The minimum absolute atomic E-state index is 0.214. The van der Waals surface area contributed by atoms with Crippen LogP contribution in [0.1, 0.15) is 24.4 Å². The van der Waals surface area contributed by atoms with Gasteiger partial charge in [0, 0.05) is 0 Å². The zero-order valence-electron chi connectivity index (χ0n) is 7.56. The van der Waals surface area contributed by atoms with E-state index in [1.54, 1.807) is 0 Å². The number of aliphatic hydroxyl groups is 1. The van der Waals surface area contributed by atoms with Crippen molar-refractivity contribution in [3.63, 3.8) is 0 Å². The number of hydrogen-bond acceptors (Lipinski definition) is 2. The number of rotatable bonds is 3. The highest BCUT2D eigenvalue weighted by molar-refractivity contribution is 5.20. The first-order chi connectivity index (χ1) is 6.29. The summed E-state index contributed by atoms with van der Waals surface area (Å²) in [5.41, 5.74) is 6.96. The molecule has 1 aromatic rings. The van der Waals surface area contributed by atoms with Crippen LogP contribution in [0.5, 0.6) is 0 Å². The quantitative estimate of drug-likeness (QED) is 0.734. The minimum Gasteiger partial charge on any atom is -0.391 e. The van der Waals surface area contributed by atoms with Gasteiger partial charge in [-0.1, -0.05) is 30.3 Å². The van der Waals surface area contributed by atoms with Gasteiger partial charge in [0.1, 0.15) is 0 Å². The maximum Gasteiger partial charge on any atom is 0.0760 e. The molecule has 13 heavy (non-hydrogen) atoms. The highest BCUT2D eigenvalue weighted by Gasteiger charge is 2.33. The van der Waals surface area contributed by atoms with Gasteiger partial charge in [0.25, 0.3) is 0 Å². The third-order valence-corrected chi connectivity index (χ3v) is 2.66. The first kappa shape index (κ1) is 8.73. The van der Waals surface area contributed by atoms with E-state index in [4.69, 9.17) is 5.73 Å². The van der Waals surface area contributed by atoms with E-state index in [2.05, 4.69) is 0 Å². The Labute approximate surface area is 78.4 Å². The van der Waals surface area contributed by atoms with Gasteiger partial charge < -0.3 is 10.8 Å². The van der Waals surface area contributed by atoms with Crippen LogP contribution < -0.4 is 5.73 Å². The molecule has 3 N–H and O–H groups in total. The molecule has 2 rings (SSSR count). The fourth-order valence-electron chi connectivity index (χ4n) is 1.60. The van der Waals surface area contributed by atoms with Gasteiger partial charge in [0.15, 0.2) is 0 Å². The lowest BCUT2D eigenvalue weighted by Gasteiger charge is -2.18. The molecule has 0 spiro atoms. The number of aliphatic hydroxyl groups excluding tert-OH is 1. The van der Waals surface area contributed by atoms with Crippen molar-refractivity contribution in [3.8, 4) is 0 Å². The van der Waals surface area contributed by atoms with E-state index in [1.807, 2.05) is 30.3 Å². The maximum absolute atomic E-state index is 9.79. The van der Waals surface area contributed by atoms with Crippen LogP contribution in [-0.2, 0) is 0 Å². The van der Waals surface area contributed by atoms with E-state index in [-0.39, 0.29) is 12.1 Å². The van der Waals surface area contributed by atoms with Crippen LogP contribution in [0.15, 0.2) is 30.3 Å². The number of benzene rings is 1. The van der Waals surface area contributed by atoms with E-state index < -0.39 is 0 Å². The number of hydrogen-bond donors (Lipinski definition) is 2. The molecule has 1 aromatic carbocycles. The van der Waals surface area contributed by atoms with Crippen molar-refractivity contribution in [2.75, 3.05) is 0 Å². The SMILES string of the molecule is N[C@@H](c1ccccc1)[C@H](O)C1CC1. The fraction of sp³-hybridized carbons (Fsp3) is 0.455. The van der Waals surface area contributed by atoms with Gasteiger partial charge in [-0.25, -0.2) is 0 Å². The molecular weight excluding hydrogens is 162 g/mol. The average Bonchev–Trinajstić information content (AvgIpc) is 3.00. The lowest BCUT2D eigenvalue weighted by atomic mass is 9.99. The molecule has 1 aliphatic rings. The predicted molar refractivity (Wildman–Crippen MR) is 52.1 cm³/mol. The van der Waals surface area contributed by atoms with Crippen molar-refractivity contribution in [2.24, 2.45) is 11.7 Å². The highest BCUT2D eigenvalue weighted by Crippen LogP contribution is 2.36. The van der Waals surface area contributed by atoms with Gasteiger partial charge >= 0.3 is 0 Å². The monoisotopic (exact) mass is 177 g/mol. The number of nitrogens with two attached hydrogens (primary N) is 1. The molecule has 2 atom stereocenters. The largest absolute Gasteiger partial charge is 0.391 e. The Bertz CT molecular complexity index is 269. The van der Waals surface area contributed by atoms with Crippen LogP contribution in [0.3, 0.4) is 0 Å². The summed E-state index contributed by atoms with van der Waals surface area (Å²) in [5.74, 6) is 0.440. The third-order valence-electron chi connectivity index (χ3n) is 2.66. The minimum atomic E-state index is -0.359. The molecule has 2 heteroatoms. The Morgan fingerprint density at radius 3 is 2.38 bits per heavy atom. The Morgan fingerprint density at radius 1 is 1.23 bits per heavy atom. The molecule has 2 nitrogen and oxygen atoms in total. The zero-order chi connectivity index (χ0) is 9.26. The zero-order valence-corrected chi connectivity index (χ0v) is 7.56. The van der Waals surface area contributed by atoms with Crippen molar-refractivity contribution in [2.45, 2.75) is 25.0 Å². The lowest BCUT2D eigenvalue weighted by Crippen LogP contribution is -2.27. The maximum atomic E-state index is 9.79. The van der Waals surface area contributed by atoms with Gasteiger partial charge in [-0.3, -0.25) is 0 Å². The second-order valence-corrected chi connectivity index (χ2v) is 3.76. The van der Waals surface area contributed by atoms with Gasteiger partial charge in [-0.2, -0.15) is 0 Å². The van der Waals surface area contributed by atoms with Gasteiger partial charge in [-0.05, 0) is 24.3 Å². The molecule has 0 radical (unpaired) electrons. The molecule has 0 aromatic heterocycles. The second-order valence-electron chi connectivity index (χ2n) is 3.76. The molecule has 1 aliphatic carbocycles. The Morgan fingerprint density at radius 2 is 1.85 bits per heavy atom. The smallest absolute Gasteiger partial charge is 0.0760 e. The molecule has 0 saturated heterocycles. The summed E-state index contributed by atoms with van der Waals surface area (Å²) in [6.45, 7) is 0. The van der Waals surface area contributed by atoms with Crippen molar-refractivity contribution in [3.05, 3.63) is 35.9 Å². The van der Waals surface area contributed by atoms with Gasteiger partial charge in [0.05, 0.1) is 12.1 Å². The molecule has 0 unspecified atom stereocenters. The van der Waals surface area contributed by atoms with Crippen LogP contribution in [-0.4, -0.2) is 11.2 Å². The van der Waals surface area contributed by atoms with Crippen molar-refractivity contribution in [1.82, 2.24) is 0 Å². The van der Waals surface area contributed by atoms with E-state index >= 15 is 0 Å². The van der Waals surface area contributed by atoms with Crippen molar-refractivity contribution >= 4 is 0 Å². The van der Waals surface area contributed by atoms with Crippen LogP contribution in [0.4, 0.5) is 0 Å². The normalized spacial score (nSPS) is 21.1. The van der Waals surface area contributed by atoms with Crippen molar-refractivity contribution in [1.29, 1.82) is 0 Å². The fourth-order valence-corrected chi connectivity index (χ4v) is 1.60. The van der Waals surface area contributed by atoms with Gasteiger partial charge in [0.2, 0.25) is 0 Å². The Balaban J connectivity index is 2.07. The summed E-state index contributed by atoms with van der Waals surface area (Å²) in [4.78, 5) is 0. The molecular formula is C11H15NO. The second kappa shape index (κ2) is 3.48. The average molecular weight is 177 g/mol.